The molecule has 1 atom stereocenters. The zero-order chi connectivity index (χ0) is 12.3. The summed E-state index contributed by atoms with van der Waals surface area (Å²) in [6.07, 6.45) is -2.87. The van der Waals surface area contributed by atoms with Gasteiger partial charge in [0.15, 0.2) is 5.82 Å². The first-order valence-electron chi connectivity index (χ1n) is 4.39. The Hall–Kier alpha value is -1.79. The van der Waals surface area contributed by atoms with Crippen molar-refractivity contribution in [3.8, 4) is 5.88 Å². The fourth-order valence-electron chi connectivity index (χ4n) is 1.01. The molecule has 0 aliphatic carbocycles. The molecule has 0 saturated heterocycles. The Bertz CT molecular complexity index is 398. The van der Waals surface area contributed by atoms with Crippen LogP contribution < -0.4 is 4.74 Å². The summed E-state index contributed by atoms with van der Waals surface area (Å²) >= 11 is 0. The van der Waals surface area contributed by atoms with E-state index < -0.39 is 24.1 Å². The van der Waals surface area contributed by atoms with Crippen LogP contribution in [0.5, 0.6) is 5.88 Å². The van der Waals surface area contributed by atoms with Crippen LogP contribution in [-0.2, 0) is 4.79 Å². The molecule has 1 rings (SSSR count). The number of carbonyl (C=O) groups is 1. The fraction of sp³-hybridized carbons (Fsp3) is 0.444. The number of hydrogen-bond donors (Lipinski definition) is 1. The summed E-state index contributed by atoms with van der Waals surface area (Å²) in [5.74, 6) is -2.95. The van der Waals surface area contributed by atoms with Crippen molar-refractivity contribution in [3.63, 3.8) is 0 Å². The average molecular weight is 232 g/mol. The summed E-state index contributed by atoms with van der Waals surface area (Å²) < 4.78 is 29.5. The summed E-state index contributed by atoms with van der Waals surface area (Å²) in [4.78, 5) is 17.6. The van der Waals surface area contributed by atoms with Gasteiger partial charge in [-0.3, -0.25) is 4.79 Å². The highest BCUT2D eigenvalue weighted by molar-refractivity contribution is 5.74. The Kier molecular flexibility index (Phi) is 3.70. The second-order valence-electron chi connectivity index (χ2n) is 3.05. The topological polar surface area (TPSA) is 72.3 Å². The minimum atomic E-state index is -2.87. The number of rotatable bonds is 4. The van der Waals surface area contributed by atoms with Crippen LogP contribution in [0.3, 0.4) is 0 Å². The van der Waals surface area contributed by atoms with Gasteiger partial charge in [-0.25, -0.2) is 13.8 Å². The third-order valence-corrected chi connectivity index (χ3v) is 1.96. The molecule has 0 bridgehead atoms. The lowest BCUT2D eigenvalue weighted by atomic mass is 10.1. The van der Waals surface area contributed by atoms with Gasteiger partial charge < -0.3 is 9.84 Å². The van der Waals surface area contributed by atoms with E-state index in [-0.39, 0.29) is 11.6 Å². The Balaban J connectivity index is 3.18. The van der Waals surface area contributed by atoms with Crippen LogP contribution in [0.1, 0.15) is 30.8 Å². The molecule has 88 valence electrons. The summed E-state index contributed by atoms with van der Waals surface area (Å²) in [6, 6.07) is 1.23. The van der Waals surface area contributed by atoms with Gasteiger partial charge in [-0.1, -0.05) is 0 Å². The lowest BCUT2D eigenvalue weighted by Gasteiger charge is -2.09. The molecule has 1 unspecified atom stereocenters. The number of aliphatic carboxylic acids is 1. The first-order chi connectivity index (χ1) is 7.45. The van der Waals surface area contributed by atoms with Crippen molar-refractivity contribution in [3.05, 3.63) is 17.6 Å². The number of hydrogen-bond acceptors (Lipinski definition) is 4. The Labute approximate surface area is 90.1 Å². The molecule has 1 heterocycles. The number of methoxy groups -OCH3 is 1. The third kappa shape index (κ3) is 2.62. The predicted octanol–water partition coefficient (Wildman–Crippen LogP) is 1.61. The lowest BCUT2D eigenvalue weighted by Crippen LogP contribution is -2.12. The van der Waals surface area contributed by atoms with E-state index in [2.05, 4.69) is 9.97 Å². The molecule has 1 N–H and O–H groups in total. The predicted molar refractivity (Wildman–Crippen MR) is 49.6 cm³/mol. The van der Waals surface area contributed by atoms with Crippen LogP contribution in [-0.4, -0.2) is 28.2 Å². The smallest absolute Gasteiger partial charge is 0.312 e. The SMILES string of the molecule is COc1cc(C(C)C(=O)O)nc(C(F)F)n1. The number of ether oxygens (including phenoxy) is 1. The van der Waals surface area contributed by atoms with Crippen LogP contribution in [0.25, 0.3) is 0 Å². The maximum Gasteiger partial charge on any atom is 0.312 e. The van der Waals surface area contributed by atoms with E-state index in [1.165, 1.54) is 20.1 Å². The van der Waals surface area contributed by atoms with Gasteiger partial charge in [-0.05, 0) is 6.92 Å². The lowest BCUT2D eigenvalue weighted by molar-refractivity contribution is -0.138. The molecular weight excluding hydrogens is 222 g/mol. The van der Waals surface area contributed by atoms with E-state index in [0.717, 1.165) is 0 Å². The molecule has 0 aliphatic rings. The van der Waals surface area contributed by atoms with Gasteiger partial charge in [0, 0.05) is 6.07 Å². The molecule has 16 heavy (non-hydrogen) atoms. The second-order valence-corrected chi connectivity index (χ2v) is 3.05. The van der Waals surface area contributed by atoms with Crippen molar-refractivity contribution in [2.75, 3.05) is 7.11 Å². The van der Waals surface area contributed by atoms with E-state index in [4.69, 9.17) is 9.84 Å². The molecule has 1 aromatic rings. The van der Waals surface area contributed by atoms with E-state index >= 15 is 0 Å². The summed E-state index contributed by atoms with van der Waals surface area (Å²) in [5, 5.41) is 8.74. The molecule has 5 nitrogen and oxygen atoms in total. The number of aromatic nitrogens is 2. The van der Waals surface area contributed by atoms with Crippen LogP contribution in [0, 0.1) is 0 Å². The minimum Gasteiger partial charge on any atom is -0.481 e. The van der Waals surface area contributed by atoms with Crippen molar-refractivity contribution in [1.29, 1.82) is 0 Å². The zero-order valence-corrected chi connectivity index (χ0v) is 8.65. The molecule has 0 aromatic carbocycles. The maximum atomic E-state index is 12.4. The van der Waals surface area contributed by atoms with E-state index in [1.54, 1.807) is 0 Å². The molecule has 1 aromatic heterocycles. The van der Waals surface area contributed by atoms with Crippen LogP contribution >= 0.6 is 0 Å². The highest BCUT2D eigenvalue weighted by Crippen LogP contribution is 2.22. The molecule has 0 aliphatic heterocycles. The van der Waals surface area contributed by atoms with E-state index in [9.17, 15) is 13.6 Å². The highest BCUT2D eigenvalue weighted by atomic mass is 19.3. The minimum absolute atomic E-state index is 0.00495. The largest absolute Gasteiger partial charge is 0.481 e. The van der Waals surface area contributed by atoms with Crippen LogP contribution in [0.4, 0.5) is 8.78 Å². The van der Waals surface area contributed by atoms with Crippen LogP contribution in [0.2, 0.25) is 0 Å². The van der Waals surface area contributed by atoms with Gasteiger partial charge >= 0.3 is 5.97 Å². The summed E-state index contributed by atoms with van der Waals surface area (Å²) in [7, 11) is 1.26. The highest BCUT2D eigenvalue weighted by Gasteiger charge is 2.20. The number of halogens is 2. The van der Waals surface area contributed by atoms with Gasteiger partial charge in [-0.2, -0.15) is 4.98 Å². The van der Waals surface area contributed by atoms with Gasteiger partial charge in [-0.15, -0.1) is 0 Å². The second kappa shape index (κ2) is 4.82. The first kappa shape index (κ1) is 12.3. The molecular formula is C9H10F2N2O3. The van der Waals surface area contributed by atoms with Gasteiger partial charge in [0.25, 0.3) is 6.43 Å². The summed E-state index contributed by atoms with van der Waals surface area (Å²) in [5.41, 5.74) is -0.00495. The number of carboxylic acids is 1. The molecule has 0 fully saturated rings. The van der Waals surface area contributed by atoms with Gasteiger partial charge in [0.1, 0.15) is 0 Å². The quantitative estimate of drug-likeness (QED) is 0.853. The summed E-state index contributed by atoms with van der Waals surface area (Å²) in [6.45, 7) is 1.35. The Morgan fingerprint density at radius 2 is 2.12 bits per heavy atom. The number of carboxylic acid groups (broad SMARTS) is 1. The van der Waals surface area contributed by atoms with Crippen molar-refractivity contribution < 1.29 is 23.4 Å². The maximum absolute atomic E-state index is 12.4. The first-order valence-corrected chi connectivity index (χ1v) is 4.39. The van der Waals surface area contributed by atoms with Crippen LogP contribution in [0.15, 0.2) is 6.07 Å². The van der Waals surface area contributed by atoms with Crippen molar-refractivity contribution >= 4 is 5.97 Å². The van der Waals surface area contributed by atoms with Crippen molar-refractivity contribution in [2.45, 2.75) is 19.3 Å². The van der Waals surface area contributed by atoms with E-state index in [1.807, 2.05) is 0 Å². The van der Waals surface area contributed by atoms with Gasteiger partial charge in [0.2, 0.25) is 5.88 Å². The fourth-order valence-corrected chi connectivity index (χ4v) is 1.01. The van der Waals surface area contributed by atoms with Crippen molar-refractivity contribution in [2.24, 2.45) is 0 Å². The number of nitrogens with zero attached hydrogens (tertiary/aromatic N) is 2. The zero-order valence-electron chi connectivity index (χ0n) is 8.65. The molecule has 7 heteroatoms. The third-order valence-electron chi connectivity index (χ3n) is 1.96. The monoisotopic (exact) mass is 232 g/mol. The van der Waals surface area contributed by atoms with Crippen molar-refractivity contribution in [1.82, 2.24) is 9.97 Å². The molecule has 0 amide bonds. The normalized spacial score (nSPS) is 12.6. The van der Waals surface area contributed by atoms with Gasteiger partial charge in [0.05, 0.1) is 18.7 Å². The average Bonchev–Trinajstić information content (AvgIpc) is 2.27. The Morgan fingerprint density at radius 3 is 2.56 bits per heavy atom. The number of alkyl halides is 2. The standard InChI is InChI=1S/C9H10F2N2O3/c1-4(9(14)15)5-3-6(16-2)13-8(12-5)7(10)11/h3-4,7H,1-2H3,(H,14,15). The molecule has 0 radical (unpaired) electrons. The molecule has 0 spiro atoms. The van der Waals surface area contributed by atoms with E-state index in [0.29, 0.717) is 0 Å². The Morgan fingerprint density at radius 1 is 1.50 bits per heavy atom. The molecule has 0 saturated carbocycles.